The van der Waals surface area contributed by atoms with Gasteiger partial charge in [0.15, 0.2) is 0 Å². The highest BCUT2D eigenvalue weighted by Gasteiger charge is 2.46. The van der Waals surface area contributed by atoms with Crippen molar-refractivity contribution < 1.29 is 9.18 Å². The Morgan fingerprint density at radius 2 is 1.73 bits per heavy atom. The molecule has 0 unspecified atom stereocenters. The van der Waals surface area contributed by atoms with Gasteiger partial charge in [-0.05, 0) is 98.6 Å². The summed E-state index contributed by atoms with van der Waals surface area (Å²) < 4.78 is 13.5. The molecule has 1 fully saturated rings. The van der Waals surface area contributed by atoms with Gasteiger partial charge in [0.2, 0.25) is 0 Å². The van der Waals surface area contributed by atoms with E-state index in [1.807, 2.05) is 4.90 Å². The number of rotatable bonds is 6. The topological polar surface area (TPSA) is 36.4 Å². The minimum Gasteiger partial charge on any atom is -0.307 e. The van der Waals surface area contributed by atoms with Gasteiger partial charge in [-0.15, -0.1) is 0 Å². The number of amides is 1. The normalized spacial score (nSPS) is 16.4. The van der Waals surface area contributed by atoms with Gasteiger partial charge in [0.25, 0.3) is 5.91 Å². The van der Waals surface area contributed by atoms with Crippen molar-refractivity contribution >= 4 is 41.0 Å². The van der Waals surface area contributed by atoms with Crippen molar-refractivity contribution in [1.29, 1.82) is 0 Å². The highest BCUT2D eigenvalue weighted by Crippen LogP contribution is 2.49. The second kappa shape index (κ2) is 11.8. The number of carbonyl (C=O) groups excluding carboxylic acids is 1. The van der Waals surface area contributed by atoms with Gasteiger partial charge in [-0.2, -0.15) is 0 Å². The molecular formula is C34H31ClFN3OS. The molecule has 7 heteroatoms. The summed E-state index contributed by atoms with van der Waals surface area (Å²) in [5.41, 5.74) is 5.06. The molecule has 0 saturated carbocycles. The van der Waals surface area contributed by atoms with Crippen molar-refractivity contribution in [1.82, 2.24) is 9.88 Å². The Kier molecular flexibility index (Phi) is 7.98. The summed E-state index contributed by atoms with van der Waals surface area (Å²) in [4.78, 5) is 24.2. The number of aryl methyl sites for hydroxylation is 1. The molecule has 0 bridgehead atoms. The van der Waals surface area contributed by atoms with E-state index < -0.39 is 0 Å². The number of nitrogens with zero attached hydrogens (tertiary/aromatic N) is 3. The lowest BCUT2D eigenvalue weighted by molar-refractivity contribution is 0.0977. The second-order valence-corrected chi connectivity index (χ2v) is 12.4. The van der Waals surface area contributed by atoms with Crippen LogP contribution < -0.4 is 4.90 Å². The van der Waals surface area contributed by atoms with Gasteiger partial charge in [-0.25, -0.2) is 9.37 Å². The Morgan fingerprint density at radius 3 is 2.46 bits per heavy atom. The van der Waals surface area contributed by atoms with E-state index in [1.165, 1.54) is 28.8 Å². The number of carbonyl (C=O) groups is 1. The Bertz CT molecular complexity index is 1580. The molecule has 2 aliphatic rings. The molecule has 1 spiro atoms. The van der Waals surface area contributed by atoms with Crippen LogP contribution in [0, 0.1) is 12.7 Å². The fourth-order valence-corrected chi connectivity index (χ4v) is 6.86. The highest BCUT2D eigenvalue weighted by atomic mass is 35.5. The number of benzene rings is 3. The molecule has 41 heavy (non-hydrogen) atoms. The predicted molar refractivity (Wildman–Crippen MR) is 165 cm³/mol. The molecule has 0 N–H and O–H groups in total. The Morgan fingerprint density at radius 1 is 1.00 bits per heavy atom. The number of anilines is 1. The summed E-state index contributed by atoms with van der Waals surface area (Å²) in [6.45, 7) is 5.55. The highest BCUT2D eigenvalue weighted by molar-refractivity contribution is 7.99. The van der Waals surface area contributed by atoms with Crippen LogP contribution >= 0.6 is 23.4 Å². The van der Waals surface area contributed by atoms with Crippen molar-refractivity contribution in [3.8, 4) is 0 Å². The number of aromatic nitrogens is 1. The quantitative estimate of drug-likeness (QED) is 0.215. The van der Waals surface area contributed by atoms with E-state index in [4.69, 9.17) is 11.6 Å². The molecule has 3 aromatic carbocycles. The van der Waals surface area contributed by atoms with Crippen LogP contribution in [-0.4, -0.2) is 42.0 Å². The van der Waals surface area contributed by atoms with Gasteiger partial charge < -0.3 is 4.90 Å². The van der Waals surface area contributed by atoms with Crippen molar-refractivity contribution in [2.24, 2.45) is 0 Å². The summed E-state index contributed by atoms with van der Waals surface area (Å²) >= 11 is 7.74. The molecule has 1 aromatic heterocycles. The summed E-state index contributed by atoms with van der Waals surface area (Å²) in [5.74, 6) is -0.303. The molecule has 0 aliphatic carbocycles. The van der Waals surface area contributed by atoms with Crippen molar-refractivity contribution in [2.75, 3.05) is 31.1 Å². The molecule has 0 atom stereocenters. The van der Waals surface area contributed by atoms with Crippen LogP contribution in [0.15, 0.2) is 101 Å². The maximum Gasteiger partial charge on any atom is 0.258 e. The summed E-state index contributed by atoms with van der Waals surface area (Å²) in [6, 6.07) is 24.9. The first-order valence-electron chi connectivity index (χ1n) is 13.9. The van der Waals surface area contributed by atoms with E-state index in [2.05, 4.69) is 71.4 Å². The number of piperidine rings is 1. The first-order chi connectivity index (χ1) is 19.9. The predicted octanol–water partition coefficient (Wildman–Crippen LogP) is 8.04. The molecular weight excluding hydrogens is 553 g/mol. The van der Waals surface area contributed by atoms with E-state index in [0.717, 1.165) is 48.0 Å². The Labute approximate surface area is 249 Å². The Hall–Kier alpha value is -3.45. The molecule has 0 radical (unpaired) electrons. The van der Waals surface area contributed by atoms with Crippen LogP contribution in [-0.2, 0) is 5.41 Å². The third kappa shape index (κ3) is 6.10. The molecule has 2 aliphatic heterocycles. The van der Waals surface area contributed by atoms with Crippen LogP contribution in [0.25, 0.3) is 6.08 Å². The number of pyridine rings is 1. The van der Waals surface area contributed by atoms with Crippen LogP contribution in [0.4, 0.5) is 10.1 Å². The van der Waals surface area contributed by atoms with Gasteiger partial charge in [0.05, 0.1) is 0 Å². The monoisotopic (exact) mass is 583 g/mol. The van der Waals surface area contributed by atoms with Gasteiger partial charge in [-0.3, -0.25) is 9.69 Å². The van der Waals surface area contributed by atoms with Gasteiger partial charge in [0.1, 0.15) is 11.0 Å². The zero-order valence-corrected chi connectivity index (χ0v) is 24.5. The minimum atomic E-state index is -0.243. The van der Waals surface area contributed by atoms with Crippen molar-refractivity contribution in [3.05, 3.63) is 124 Å². The Balaban J connectivity index is 1.24. The third-order valence-electron chi connectivity index (χ3n) is 8.12. The SMILES string of the molecule is Cc1ccc(C=CCN2CCC3(CC2)CN(C(=O)c2ccnc(Cl)c2)c2ccc(Sc4ccc(F)cc4)cc23)cc1. The van der Waals surface area contributed by atoms with Crippen LogP contribution in [0.5, 0.6) is 0 Å². The molecule has 6 rings (SSSR count). The van der Waals surface area contributed by atoms with Crippen LogP contribution in [0.2, 0.25) is 5.15 Å². The molecule has 3 heterocycles. The number of likely N-dealkylation sites (tertiary alicyclic amines) is 1. The summed E-state index contributed by atoms with van der Waals surface area (Å²) in [5, 5.41) is 0.308. The largest absolute Gasteiger partial charge is 0.307 e. The van der Waals surface area contributed by atoms with Gasteiger partial charge in [-0.1, -0.05) is 65.3 Å². The average Bonchev–Trinajstić information content (AvgIpc) is 3.29. The van der Waals surface area contributed by atoms with E-state index in [-0.39, 0.29) is 17.1 Å². The van der Waals surface area contributed by atoms with Crippen LogP contribution in [0.3, 0.4) is 0 Å². The summed E-state index contributed by atoms with van der Waals surface area (Å²) in [7, 11) is 0. The lowest BCUT2D eigenvalue weighted by atomic mass is 9.74. The lowest BCUT2D eigenvalue weighted by Gasteiger charge is -2.39. The first kappa shape index (κ1) is 27.7. The molecule has 208 valence electrons. The smallest absolute Gasteiger partial charge is 0.258 e. The lowest BCUT2D eigenvalue weighted by Crippen LogP contribution is -2.46. The molecule has 4 nitrogen and oxygen atoms in total. The second-order valence-electron chi connectivity index (χ2n) is 10.9. The number of hydrogen-bond acceptors (Lipinski definition) is 4. The fourth-order valence-electron chi connectivity index (χ4n) is 5.83. The third-order valence-corrected chi connectivity index (χ3v) is 9.33. The van der Waals surface area contributed by atoms with Crippen LogP contribution in [0.1, 0.15) is 39.9 Å². The molecule has 4 aromatic rings. The van der Waals surface area contributed by atoms with Crippen molar-refractivity contribution in [2.45, 2.75) is 35.0 Å². The fraction of sp³-hybridized carbons (Fsp3) is 0.235. The first-order valence-corrected chi connectivity index (χ1v) is 15.0. The number of hydrogen-bond donors (Lipinski definition) is 0. The number of fused-ring (bicyclic) bond motifs is 2. The molecule has 1 amide bonds. The maximum atomic E-state index is 13.7. The van der Waals surface area contributed by atoms with Gasteiger partial charge >= 0.3 is 0 Å². The minimum absolute atomic E-state index is 0.0603. The standard InChI is InChI=1S/C34H31ClFN3OS/c1-24-4-6-25(7-5-24)3-2-18-38-19-15-34(16-20-38)23-39(33(40)26-14-17-37-32(35)21-26)31-13-12-29(22-30(31)34)41-28-10-8-27(36)9-11-28/h2-14,17,21-22H,15-16,18-20,23H2,1H3. The summed E-state index contributed by atoms with van der Waals surface area (Å²) in [6.07, 6.45) is 7.93. The van der Waals surface area contributed by atoms with E-state index >= 15 is 0 Å². The van der Waals surface area contributed by atoms with E-state index in [1.54, 1.807) is 42.2 Å². The van der Waals surface area contributed by atoms with E-state index in [9.17, 15) is 9.18 Å². The molecule has 1 saturated heterocycles. The van der Waals surface area contributed by atoms with Crippen molar-refractivity contribution in [3.63, 3.8) is 0 Å². The number of halogens is 2. The maximum absolute atomic E-state index is 13.7. The zero-order valence-electron chi connectivity index (χ0n) is 22.9. The average molecular weight is 584 g/mol. The zero-order chi connectivity index (χ0) is 28.4. The van der Waals surface area contributed by atoms with E-state index in [0.29, 0.717) is 17.3 Å². The van der Waals surface area contributed by atoms with Gasteiger partial charge in [0, 0.05) is 45.7 Å².